The summed E-state index contributed by atoms with van der Waals surface area (Å²) in [7, 11) is 4.08. The van der Waals surface area contributed by atoms with Crippen LogP contribution < -0.4 is 16.0 Å². The van der Waals surface area contributed by atoms with Crippen LogP contribution in [0.5, 0.6) is 0 Å². The van der Waals surface area contributed by atoms with Gasteiger partial charge in [0, 0.05) is 50.9 Å². The summed E-state index contributed by atoms with van der Waals surface area (Å²) in [6, 6.07) is 20.1. The summed E-state index contributed by atoms with van der Waals surface area (Å²) >= 11 is 3.48. The van der Waals surface area contributed by atoms with Gasteiger partial charge < -0.3 is 20.4 Å². The quantitative estimate of drug-likeness (QED) is 0.148. The molecule has 0 saturated carbocycles. The number of hydrogen-bond acceptors (Lipinski definition) is 6. The van der Waals surface area contributed by atoms with E-state index >= 15 is 0 Å². The van der Waals surface area contributed by atoms with Crippen molar-refractivity contribution in [3.8, 4) is 0 Å². The minimum absolute atomic E-state index is 0.0749. The summed E-state index contributed by atoms with van der Waals surface area (Å²) in [5.74, 6) is 0.501. The number of halogens is 1. The van der Waals surface area contributed by atoms with Crippen LogP contribution in [0.1, 0.15) is 11.1 Å². The molecule has 0 aromatic heterocycles. The average Bonchev–Trinajstić information content (AvgIpc) is 2.84. The van der Waals surface area contributed by atoms with Gasteiger partial charge in [-0.2, -0.15) is 0 Å². The van der Waals surface area contributed by atoms with Crippen LogP contribution >= 0.6 is 15.9 Å². The highest BCUT2D eigenvalue weighted by atomic mass is 79.9. The highest BCUT2D eigenvalue weighted by Gasteiger charge is 2.17. The van der Waals surface area contributed by atoms with Crippen molar-refractivity contribution in [2.45, 2.75) is 6.54 Å². The van der Waals surface area contributed by atoms with Crippen LogP contribution in [0.3, 0.4) is 0 Å². The molecule has 0 atom stereocenters. The number of amides is 1. The van der Waals surface area contributed by atoms with E-state index in [1.54, 1.807) is 12.1 Å². The van der Waals surface area contributed by atoms with E-state index in [1.165, 1.54) is 18.2 Å². The molecule has 0 saturated heterocycles. The fraction of sp³-hybridized carbons (Fsp3) is 0.185. The number of nitro groups is 1. The number of carbonyl (C=O) groups is 1. The summed E-state index contributed by atoms with van der Waals surface area (Å²) in [4.78, 5) is 27.6. The maximum absolute atomic E-state index is 12.6. The van der Waals surface area contributed by atoms with E-state index in [1.807, 2.05) is 62.6 Å². The third kappa shape index (κ3) is 7.25. The highest BCUT2D eigenvalue weighted by Crippen LogP contribution is 2.26. The van der Waals surface area contributed by atoms with Gasteiger partial charge in [0.1, 0.15) is 19.0 Å². The molecule has 1 aliphatic rings. The molecule has 1 amide bonds. The molecule has 0 fully saturated rings. The molecular weight excluding hydrogens is 536 g/mol. The molecule has 0 aliphatic carbocycles. The van der Waals surface area contributed by atoms with Crippen molar-refractivity contribution in [1.82, 2.24) is 0 Å². The minimum atomic E-state index is -0.406. The Hall–Kier alpha value is -4.02. The van der Waals surface area contributed by atoms with E-state index < -0.39 is 4.92 Å². The van der Waals surface area contributed by atoms with Crippen molar-refractivity contribution in [3.05, 3.63) is 105 Å². The summed E-state index contributed by atoms with van der Waals surface area (Å²) in [6.07, 6.45) is 3.37. The zero-order valence-electron chi connectivity index (χ0n) is 20.6. The predicted octanol–water partition coefficient (Wildman–Crippen LogP) is 5.37. The molecule has 4 rings (SSSR count). The minimum Gasteiger partial charge on any atom is -0.366 e. The van der Waals surface area contributed by atoms with E-state index in [4.69, 9.17) is 0 Å². The van der Waals surface area contributed by atoms with Crippen LogP contribution in [-0.2, 0) is 11.3 Å². The Morgan fingerprint density at radius 1 is 1.14 bits per heavy atom. The van der Waals surface area contributed by atoms with E-state index in [0.717, 1.165) is 32.8 Å². The van der Waals surface area contributed by atoms with Crippen molar-refractivity contribution in [2.75, 3.05) is 43.3 Å². The van der Waals surface area contributed by atoms with E-state index in [9.17, 15) is 14.9 Å². The van der Waals surface area contributed by atoms with Crippen molar-refractivity contribution in [2.24, 2.45) is 4.99 Å². The van der Waals surface area contributed by atoms with Gasteiger partial charge in [0.15, 0.2) is 0 Å². The number of likely N-dealkylation sites (N-methyl/N-ethyl adjacent to an activating group) is 1. The number of nitrogens with one attached hydrogen (secondary N) is 3. The molecule has 0 bridgehead atoms. The van der Waals surface area contributed by atoms with Crippen LogP contribution in [0.4, 0.5) is 22.7 Å². The van der Waals surface area contributed by atoms with Gasteiger partial charge in [0.25, 0.3) is 5.69 Å². The molecule has 3 N–H and O–H groups in total. The molecular formula is C27H28BrN6O3+. The number of non-ortho nitro benzene ring substituents is 1. The Balaban J connectivity index is 1.36. The first-order valence-electron chi connectivity index (χ1n) is 11.7. The second-order valence-corrected chi connectivity index (χ2v) is 10.2. The number of nitro benzene ring substituents is 1. The van der Waals surface area contributed by atoms with Crippen LogP contribution in [-0.4, -0.2) is 48.5 Å². The number of quaternary nitrogens is 1. The highest BCUT2D eigenvalue weighted by molar-refractivity contribution is 9.10. The maximum atomic E-state index is 12.6. The number of hydrogen-bond donors (Lipinski definition) is 3. The molecule has 3 aromatic rings. The normalized spacial score (nSPS) is 12.9. The molecule has 10 heteroatoms. The first kappa shape index (κ1) is 26.1. The fourth-order valence-corrected chi connectivity index (χ4v) is 4.38. The molecule has 1 heterocycles. The topological polar surface area (TPSA) is 109 Å². The lowest BCUT2D eigenvalue weighted by molar-refractivity contribution is -0.897. The lowest BCUT2D eigenvalue weighted by Gasteiger charge is -2.28. The molecule has 0 radical (unpaired) electrons. The molecule has 0 spiro atoms. The predicted molar refractivity (Wildman–Crippen MR) is 151 cm³/mol. The monoisotopic (exact) mass is 563 g/mol. The molecule has 0 unspecified atom stereocenters. The average molecular weight is 564 g/mol. The largest absolute Gasteiger partial charge is 0.366 e. The van der Waals surface area contributed by atoms with Gasteiger partial charge in [-0.05, 0) is 54.6 Å². The molecule has 1 aliphatic heterocycles. The fourth-order valence-electron chi connectivity index (χ4n) is 3.98. The van der Waals surface area contributed by atoms with E-state index in [2.05, 4.69) is 36.9 Å². The molecule has 3 aromatic carbocycles. The Morgan fingerprint density at radius 2 is 1.92 bits per heavy atom. The lowest BCUT2D eigenvalue weighted by atomic mass is 10.1. The third-order valence-corrected chi connectivity index (χ3v) is 6.26. The number of aliphatic imine (C=N–C) groups is 1. The van der Waals surface area contributed by atoms with Crippen LogP contribution in [0.25, 0.3) is 0 Å². The van der Waals surface area contributed by atoms with E-state index in [-0.39, 0.29) is 11.6 Å². The lowest BCUT2D eigenvalue weighted by Crippen LogP contribution is -2.38. The smallest absolute Gasteiger partial charge is 0.269 e. The standard InChI is InChI=1S/C27H27BrN6O3/c1-34(2,17-19-8-11-23(12-9-19)33(36)37)14-4-7-26(35)31-22-10-13-25-24(16-22)27(30-18-29-25)32-21-6-3-5-20(28)15-21/h3-13,15-16H,14,17-18H2,1-2H3,(H2-,29,30,31,32,35)/p+1/b7-4+. The van der Waals surface area contributed by atoms with Gasteiger partial charge in [-0.25, -0.2) is 4.99 Å². The second kappa shape index (κ2) is 11.4. The van der Waals surface area contributed by atoms with E-state index in [0.29, 0.717) is 29.9 Å². The van der Waals surface area contributed by atoms with Gasteiger partial charge in [-0.3, -0.25) is 14.9 Å². The van der Waals surface area contributed by atoms with Crippen molar-refractivity contribution in [1.29, 1.82) is 0 Å². The number of nitrogens with zero attached hydrogens (tertiary/aromatic N) is 3. The second-order valence-electron chi connectivity index (χ2n) is 9.33. The van der Waals surface area contributed by atoms with Gasteiger partial charge in [0.2, 0.25) is 5.91 Å². The summed E-state index contributed by atoms with van der Waals surface area (Å²) < 4.78 is 1.56. The Morgan fingerprint density at radius 3 is 2.65 bits per heavy atom. The third-order valence-electron chi connectivity index (χ3n) is 5.76. The van der Waals surface area contributed by atoms with Crippen LogP contribution in [0.15, 0.2) is 88.3 Å². The Bertz CT molecular complexity index is 1370. The van der Waals surface area contributed by atoms with Crippen molar-refractivity contribution in [3.63, 3.8) is 0 Å². The maximum Gasteiger partial charge on any atom is 0.269 e. The number of amidine groups is 1. The van der Waals surface area contributed by atoms with Crippen molar-refractivity contribution < 1.29 is 14.2 Å². The van der Waals surface area contributed by atoms with Crippen LogP contribution in [0, 0.1) is 10.1 Å². The van der Waals surface area contributed by atoms with Gasteiger partial charge in [-0.1, -0.05) is 22.0 Å². The first-order valence-corrected chi connectivity index (χ1v) is 12.5. The van der Waals surface area contributed by atoms with Gasteiger partial charge in [-0.15, -0.1) is 0 Å². The number of anilines is 3. The number of carbonyl (C=O) groups excluding carboxylic acids is 1. The van der Waals surface area contributed by atoms with Crippen LogP contribution in [0.2, 0.25) is 0 Å². The number of benzene rings is 3. The van der Waals surface area contributed by atoms with Gasteiger partial charge >= 0.3 is 0 Å². The Kier molecular flexibility index (Phi) is 8.00. The molecule has 37 heavy (non-hydrogen) atoms. The summed E-state index contributed by atoms with van der Waals surface area (Å²) in [6.45, 7) is 1.76. The first-order chi connectivity index (χ1) is 17.7. The zero-order chi connectivity index (χ0) is 26.4. The summed E-state index contributed by atoms with van der Waals surface area (Å²) in [5, 5.41) is 20.4. The SMILES string of the molecule is C[N+](C)(C/C=C/C(=O)Nc1ccc2c(c1)C(Nc1cccc(Br)c1)=NCN2)Cc1ccc([N+](=O)[O-])cc1. The Labute approximate surface area is 223 Å². The van der Waals surface area contributed by atoms with Gasteiger partial charge in [0.05, 0.1) is 25.6 Å². The summed E-state index contributed by atoms with van der Waals surface area (Å²) in [5.41, 5.74) is 4.45. The number of rotatable bonds is 8. The molecule has 190 valence electrons. The number of fused-ring (bicyclic) bond motifs is 1. The van der Waals surface area contributed by atoms with Crippen molar-refractivity contribution >= 4 is 50.4 Å². The molecule has 9 nitrogen and oxygen atoms in total. The zero-order valence-corrected chi connectivity index (χ0v) is 22.2.